The molecule has 0 amide bonds. The first-order valence-corrected chi connectivity index (χ1v) is 9.54. The van der Waals surface area contributed by atoms with E-state index in [1.165, 1.54) is 0 Å². The molecular weight excluding hydrogens is 256 g/mol. The van der Waals surface area contributed by atoms with Crippen LogP contribution in [0.2, 0.25) is 13.1 Å². The second-order valence-corrected chi connectivity index (χ2v) is 9.83. The van der Waals surface area contributed by atoms with Gasteiger partial charge in [-0.3, -0.25) is 0 Å². The molecule has 0 aliphatic rings. The van der Waals surface area contributed by atoms with Gasteiger partial charge in [0.25, 0.3) is 0 Å². The summed E-state index contributed by atoms with van der Waals surface area (Å²) in [4.78, 5) is 11.8. The van der Waals surface area contributed by atoms with Crippen LogP contribution in [0, 0.1) is 0 Å². The van der Waals surface area contributed by atoms with Gasteiger partial charge in [0.05, 0.1) is 12.2 Å². The summed E-state index contributed by atoms with van der Waals surface area (Å²) in [6.07, 6.45) is 0. The normalized spacial score (nSPS) is 12.3. The van der Waals surface area contributed by atoms with Crippen molar-refractivity contribution in [1.82, 2.24) is 0 Å². The summed E-state index contributed by atoms with van der Waals surface area (Å²) in [7, 11) is -2.02. The number of benzene rings is 1. The maximum Gasteiger partial charge on any atom is 0.338 e. The van der Waals surface area contributed by atoms with Gasteiger partial charge in [-0.2, -0.15) is 0 Å². The first-order valence-electron chi connectivity index (χ1n) is 6.63. The van der Waals surface area contributed by atoms with Gasteiger partial charge in [-0.25, -0.2) is 4.79 Å². The van der Waals surface area contributed by atoms with Crippen molar-refractivity contribution in [2.75, 3.05) is 6.61 Å². The van der Waals surface area contributed by atoms with Gasteiger partial charge in [0.2, 0.25) is 8.32 Å². The molecule has 0 radical (unpaired) electrons. The highest BCUT2D eigenvalue weighted by Gasteiger charge is 2.31. The topological polar surface area (TPSA) is 35.5 Å². The first kappa shape index (κ1) is 15.9. The molecule has 1 aromatic rings. The third-order valence-corrected chi connectivity index (χ3v) is 5.45. The Balaban J connectivity index is 3.01. The number of ether oxygens (including phenoxy) is 1. The lowest BCUT2D eigenvalue weighted by atomic mass is 10.2. The summed E-state index contributed by atoms with van der Waals surface area (Å²) in [5.74, 6) is -0.273. The fourth-order valence-corrected chi connectivity index (χ4v) is 4.71. The van der Waals surface area contributed by atoms with Crippen molar-refractivity contribution >= 4 is 19.5 Å². The maximum atomic E-state index is 11.8. The van der Waals surface area contributed by atoms with E-state index in [1.54, 1.807) is 6.07 Å². The van der Waals surface area contributed by atoms with Crippen molar-refractivity contribution in [1.29, 1.82) is 0 Å². The van der Waals surface area contributed by atoms with Crippen molar-refractivity contribution in [2.24, 2.45) is 0 Å². The highest BCUT2D eigenvalue weighted by atomic mass is 28.4. The molecule has 19 heavy (non-hydrogen) atoms. The standard InChI is InChI=1S/C15H24O3Si/c1-7-17-14(16)12-9-8-10-13(11-12)19(5,6)18-15(2,3)4/h8-11H,7H2,1-6H3. The molecule has 1 aromatic carbocycles. The van der Waals surface area contributed by atoms with Gasteiger partial charge in [-0.15, -0.1) is 0 Å². The van der Waals surface area contributed by atoms with Gasteiger partial charge >= 0.3 is 5.97 Å². The molecule has 0 aliphatic carbocycles. The molecule has 0 heterocycles. The summed E-state index contributed by atoms with van der Waals surface area (Å²) >= 11 is 0. The van der Waals surface area contributed by atoms with Gasteiger partial charge in [0, 0.05) is 5.60 Å². The molecule has 106 valence electrons. The fraction of sp³-hybridized carbons (Fsp3) is 0.533. The lowest BCUT2D eigenvalue weighted by Crippen LogP contribution is -2.49. The van der Waals surface area contributed by atoms with Crippen LogP contribution >= 0.6 is 0 Å². The Morgan fingerprint density at radius 2 is 1.89 bits per heavy atom. The average Bonchev–Trinajstić information content (AvgIpc) is 2.26. The highest BCUT2D eigenvalue weighted by Crippen LogP contribution is 2.17. The van der Waals surface area contributed by atoms with E-state index in [2.05, 4.69) is 33.9 Å². The summed E-state index contributed by atoms with van der Waals surface area (Å²) in [5, 5.41) is 1.10. The minimum absolute atomic E-state index is 0.185. The SMILES string of the molecule is CCOC(=O)c1cccc([Si](C)(C)OC(C)(C)C)c1. The molecule has 4 heteroatoms. The zero-order chi connectivity index (χ0) is 14.7. The van der Waals surface area contributed by atoms with Crippen LogP contribution in [-0.2, 0) is 9.16 Å². The molecule has 3 nitrogen and oxygen atoms in total. The quantitative estimate of drug-likeness (QED) is 0.628. The zero-order valence-electron chi connectivity index (χ0n) is 12.7. The van der Waals surface area contributed by atoms with Gasteiger partial charge in [0.1, 0.15) is 0 Å². The van der Waals surface area contributed by atoms with E-state index >= 15 is 0 Å². The van der Waals surface area contributed by atoms with Crippen molar-refractivity contribution in [3.63, 3.8) is 0 Å². The van der Waals surface area contributed by atoms with E-state index in [1.807, 2.05) is 25.1 Å². The molecule has 1 rings (SSSR count). The van der Waals surface area contributed by atoms with Crippen molar-refractivity contribution in [3.05, 3.63) is 29.8 Å². The Morgan fingerprint density at radius 1 is 1.26 bits per heavy atom. The van der Waals surface area contributed by atoms with Crippen LogP contribution in [0.15, 0.2) is 24.3 Å². The molecule has 0 saturated carbocycles. The van der Waals surface area contributed by atoms with E-state index < -0.39 is 8.32 Å². The maximum absolute atomic E-state index is 11.8. The van der Waals surface area contributed by atoms with Gasteiger partial charge in [-0.1, -0.05) is 12.1 Å². The lowest BCUT2D eigenvalue weighted by molar-refractivity contribution is 0.0526. The van der Waals surface area contributed by atoms with Crippen LogP contribution in [0.5, 0.6) is 0 Å². The number of hydrogen-bond donors (Lipinski definition) is 0. The van der Waals surface area contributed by atoms with Gasteiger partial charge < -0.3 is 9.16 Å². The number of esters is 1. The molecule has 0 spiro atoms. The van der Waals surface area contributed by atoms with Gasteiger partial charge in [-0.05, 0) is 58.1 Å². The lowest BCUT2D eigenvalue weighted by Gasteiger charge is -2.32. The number of carbonyl (C=O) groups is 1. The molecule has 0 N–H and O–H groups in total. The van der Waals surface area contributed by atoms with Crippen molar-refractivity contribution in [3.8, 4) is 0 Å². The molecule has 0 unspecified atom stereocenters. The van der Waals surface area contributed by atoms with E-state index in [4.69, 9.17) is 9.16 Å². The molecule has 0 aliphatic heterocycles. The summed E-state index contributed by atoms with van der Waals surface area (Å²) in [6, 6.07) is 7.60. The van der Waals surface area contributed by atoms with E-state index in [9.17, 15) is 4.79 Å². The molecule has 0 aromatic heterocycles. The number of carbonyl (C=O) groups excluding carboxylic acids is 1. The fourth-order valence-electron chi connectivity index (χ4n) is 2.06. The monoisotopic (exact) mass is 280 g/mol. The largest absolute Gasteiger partial charge is 0.462 e. The van der Waals surface area contributed by atoms with Crippen LogP contribution in [0.25, 0.3) is 0 Å². The molecule has 0 bridgehead atoms. The Hall–Kier alpha value is -1.13. The predicted octanol–water partition coefficient (Wildman–Crippen LogP) is 3.09. The molecule has 0 fully saturated rings. The zero-order valence-corrected chi connectivity index (χ0v) is 13.7. The van der Waals surface area contributed by atoms with Crippen LogP contribution < -0.4 is 5.19 Å². The van der Waals surface area contributed by atoms with E-state index in [-0.39, 0.29) is 11.6 Å². The first-order chi connectivity index (χ1) is 8.65. The summed E-state index contributed by atoms with van der Waals surface area (Å²) in [5.41, 5.74) is 0.410. The summed E-state index contributed by atoms with van der Waals surface area (Å²) in [6.45, 7) is 12.6. The Bertz CT molecular complexity index is 447. The van der Waals surface area contributed by atoms with Crippen LogP contribution in [0.1, 0.15) is 38.1 Å². The van der Waals surface area contributed by atoms with Crippen LogP contribution in [0.3, 0.4) is 0 Å². The van der Waals surface area contributed by atoms with Crippen molar-refractivity contribution < 1.29 is 14.0 Å². The molecule has 0 saturated heterocycles. The van der Waals surface area contributed by atoms with Crippen LogP contribution in [-0.4, -0.2) is 26.5 Å². The minimum Gasteiger partial charge on any atom is -0.462 e. The van der Waals surface area contributed by atoms with Crippen molar-refractivity contribution in [2.45, 2.75) is 46.4 Å². The second kappa shape index (κ2) is 5.88. The highest BCUT2D eigenvalue weighted by molar-refractivity contribution is 6.84. The van der Waals surface area contributed by atoms with E-state index in [0.29, 0.717) is 12.2 Å². The Morgan fingerprint density at radius 3 is 2.42 bits per heavy atom. The predicted molar refractivity (Wildman–Crippen MR) is 80.4 cm³/mol. The number of rotatable bonds is 4. The van der Waals surface area contributed by atoms with E-state index in [0.717, 1.165) is 5.19 Å². The average molecular weight is 280 g/mol. The third kappa shape index (κ3) is 4.80. The Kier molecular flexibility index (Phi) is 4.93. The third-order valence-electron chi connectivity index (χ3n) is 2.63. The minimum atomic E-state index is -2.02. The second-order valence-electron chi connectivity index (χ2n) is 6.03. The smallest absolute Gasteiger partial charge is 0.338 e. The Labute approximate surface area is 117 Å². The molecular formula is C15H24O3Si. The van der Waals surface area contributed by atoms with Gasteiger partial charge in [0.15, 0.2) is 0 Å². The number of hydrogen-bond acceptors (Lipinski definition) is 3. The summed E-state index contributed by atoms with van der Waals surface area (Å²) < 4.78 is 11.2. The van der Waals surface area contributed by atoms with Crippen LogP contribution in [0.4, 0.5) is 0 Å². The molecule has 0 atom stereocenters.